The van der Waals surface area contributed by atoms with E-state index < -0.39 is 34.2 Å². The lowest BCUT2D eigenvalue weighted by molar-refractivity contribution is -0.192. The molecule has 0 unspecified atom stereocenters. The number of fused-ring (bicyclic) bond motifs is 1. The Morgan fingerprint density at radius 2 is 1.67 bits per heavy atom. The molecular weight excluding hydrogens is 637 g/mol. The number of nitrogens with two attached hydrogens (primary N) is 1. The highest BCUT2D eigenvalue weighted by Crippen LogP contribution is 2.42. The van der Waals surface area contributed by atoms with Gasteiger partial charge in [0.15, 0.2) is 0 Å². The number of nitrogens with one attached hydrogen (secondary N) is 3. The van der Waals surface area contributed by atoms with Crippen LogP contribution in [0, 0.1) is 26.2 Å². The largest absolute Gasteiger partial charge is 0.494 e. The maximum Gasteiger partial charge on any atom is 0.490 e. The molecule has 7 N–H and O–H groups in total. The van der Waals surface area contributed by atoms with Crippen molar-refractivity contribution in [1.29, 1.82) is 5.41 Å². The summed E-state index contributed by atoms with van der Waals surface area (Å²) in [6, 6.07) is 5.43. The van der Waals surface area contributed by atoms with E-state index in [-0.39, 0.29) is 22.9 Å². The average Bonchev–Trinajstić information content (AvgIpc) is 2.93. The van der Waals surface area contributed by atoms with E-state index in [9.17, 15) is 31.5 Å². The first-order chi connectivity index (χ1) is 21.2. The molecule has 0 fully saturated rings. The van der Waals surface area contributed by atoms with Crippen LogP contribution in [-0.2, 0) is 37.3 Å². The predicted octanol–water partition coefficient (Wildman–Crippen LogP) is 3.51. The summed E-state index contributed by atoms with van der Waals surface area (Å²) in [7, 11) is -4.15. The van der Waals surface area contributed by atoms with Crippen LogP contribution < -0.4 is 25.4 Å². The molecule has 0 spiro atoms. The molecular formula is C29H39F3N4O9S. The van der Waals surface area contributed by atoms with E-state index in [1.165, 1.54) is 0 Å². The second kappa shape index (κ2) is 15.5. The van der Waals surface area contributed by atoms with Gasteiger partial charge in [-0.3, -0.25) is 15.0 Å². The molecule has 0 aromatic heterocycles. The Hall–Kier alpha value is -4.09. The molecule has 1 heterocycles. The number of hydrogen-bond acceptors (Lipinski definition) is 8. The molecule has 0 aliphatic carbocycles. The van der Waals surface area contributed by atoms with Gasteiger partial charge in [-0.2, -0.15) is 17.9 Å². The number of hydrogen-bond donors (Lipinski definition) is 6. The fraction of sp³-hybridized carbons (Fsp3) is 0.483. The van der Waals surface area contributed by atoms with Crippen molar-refractivity contribution in [3.05, 3.63) is 52.1 Å². The van der Waals surface area contributed by atoms with E-state index in [2.05, 4.69) is 10.2 Å². The first-order valence-electron chi connectivity index (χ1n) is 14.0. The molecule has 1 aliphatic rings. The van der Waals surface area contributed by atoms with Gasteiger partial charge in [-0.25, -0.2) is 18.7 Å². The van der Waals surface area contributed by atoms with Gasteiger partial charge in [0.1, 0.15) is 23.1 Å². The first kappa shape index (κ1) is 38.1. The Balaban J connectivity index is 0.000000942. The van der Waals surface area contributed by atoms with E-state index in [4.69, 9.17) is 35.4 Å². The molecule has 0 radical (unpaired) electrons. The normalized spacial score (nSPS) is 14.5. The fourth-order valence-electron chi connectivity index (χ4n) is 4.58. The minimum absolute atomic E-state index is 0.0429. The average molecular weight is 677 g/mol. The molecule has 0 saturated heterocycles. The number of alkyl halides is 3. The van der Waals surface area contributed by atoms with Gasteiger partial charge < -0.3 is 25.4 Å². The molecule has 1 aliphatic heterocycles. The topological polar surface area (TPSA) is 210 Å². The summed E-state index contributed by atoms with van der Waals surface area (Å²) in [5.41, 5.74) is 10.4. The fourth-order valence-corrected chi connectivity index (χ4v) is 6.34. The zero-order valence-corrected chi connectivity index (χ0v) is 26.8. The van der Waals surface area contributed by atoms with Crippen molar-refractivity contribution >= 4 is 27.9 Å². The number of halogens is 3. The van der Waals surface area contributed by atoms with Crippen LogP contribution >= 0.6 is 0 Å². The summed E-state index contributed by atoms with van der Waals surface area (Å²) in [5, 5.41) is 24.0. The first-order valence-corrected chi connectivity index (χ1v) is 15.4. The van der Waals surface area contributed by atoms with E-state index in [0.29, 0.717) is 48.5 Å². The van der Waals surface area contributed by atoms with Crippen LogP contribution in [0.5, 0.6) is 11.5 Å². The number of hydroxylamine groups is 1. The lowest BCUT2D eigenvalue weighted by atomic mass is 9.88. The number of carbonyl (C=O) groups is 2. The maximum absolute atomic E-state index is 13.6. The van der Waals surface area contributed by atoms with Crippen LogP contribution in [0.3, 0.4) is 0 Å². The monoisotopic (exact) mass is 676 g/mol. The van der Waals surface area contributed by atoms with Crippen molar-refractivity contribution in [3.63, 3.8) is 0 Å². The Morgan fingerprint density at radius 3 is 2.20 bits per heavy atom. The highest BCUT2D eigenvalue weighted by Gasteiger charge is 2.38. The number of rotatable bonds is 12. The summed E-state index contributed by atoms with van der Waals surface area (Å²) >= 11 is 0. The van der Waals surface area contributed by atoms with Crippen molar-refractivity contribution in [2.24, 2.45) is 5.73 Å². The van der Waals surface area contributed by atoms with Crippen LogP contribution in [0.25, 0.3) is 0 Å². The second-order valence-electron chi connectivity index (χ2n) is 11.1. The minimum atomic E-state index is -5.08. The van der Waals surface area contributed by atoms with Gasteiger partial charge in [-0.05, 0) is 93.8 Å². The molecule has 0 saturated carbocycles. The van der Waals surface area contributed by atoms with Gasteiger partial charge in [0.05, 0.1) is 18.1 Å². The van der Waals surface area contributed by atoms with Crippen LogP contribution in [0.1, 0.15) is 54.5 Å². The van der Waals surface area contributed by atoms with Crippen LogP contribution in [-0.4, -0.2) is 67.6 Å². The molecule has 2 aromatic carbocycles. The zero-order chi connectivity index (χ0) is 35.0. The number of carboxylic acid groups (broad SMARTS) is 2. The van der Waals surface area contributed by atoms with Crippen molar-refractivity contribution < 1.29 is 55.7 Å². The SMILES string of the molecule is Cc1c(C)c(S(=O)(=O)N[C@@H](Cc2ccc(OCCCONC(=N)N)cc2)C(=O)O)c(C)c2c1OC(C)(C)CC2.O=C(O)C(F)(F)F. The number of benzene rings is 2. The summed E-state index contributed by atoms with van der Waals surface area (Å²) in [5.74, 6) is -3.01. The van der Waals surface area contributed by atoms with Crippen molar-refractivity contribution in [3.8, 4) is 11.5 Å². The number of carboxylic acids is 2. The standard InChI is InChI=1S/C27H38N4O7S.C2HF3O2/c1-16-17(2)24(18(3)21-11-12-27(4,5)38-23(16)21)39(34,35)31-22(25(32)33)15-19-7-9-20(10-8-19)36-13-6-14-37-30-26(28)29;3-2(4,5)1(6)7/h7-10,22,31H,6,11-15H2,1-5H3,(H,32,33)(H4,28,29,30);(H,6,7)/t22-;/m0./s1. The van der Waals surface area contributed by atoms with Crippen molar-refractivity contribution in [2.75, 3.05) is 13.2 Å². The minimum Gasteiger partial charge on any atom is -0.494 e. The number of guanidine groups is 1. The maximum atomic E-state index is 13.6. The zero-order valence-electron chi connectivity index (χ0n) is 26.0. The van der Waals surface area contributed by atoms with Gasteiger partial charge in [0, 0.05) is 6.42 Å². The summed E-state index contributed by atoms with van der Waals surface area (Å²) in [4.78, 5) is 26.0. The second-order valence-corrected chi connectivity index (χ2v) is 12.8. The van der Waals surface area contributed by atoms with Crippen LogP contribution in [0.4, 0.5) is 13.2 Å². The van der Waals surface area contributed by atoms with E-state index in [0.717, 1.165) is 23.3 Å². The third kappa shape index (κ3) is 10.8. The molecule has 0 amide bonds. The molecule has 0 bridgehead atoms. The van der Waals surface area contributed by atoms with Gasteiger partial charge in [0.25, 0.3) is 0 Å². The lowest BCUT2D eigenvalue weighted by Crippen LogP contribution is -2.43. The van der Waals surface area contributed by atoms with E-state index >= 15 is 0 Å². The Labute approximate surface area is 264 Å². The molecule has 1 atom stereocenters. The molecule has 46 heavy (non-hydrogen) atoms. The van der Waals surface area contributed by atoms with Gasteiger partial charge in [-0.15, -0.1) is 0 Å². The molecule has 3 rings (SSSR count). The third-order valence-corrected chi connectivity index (χ3v) is 8.72. The van der Waals surface area contributed by atoms with Gasteiger partial charge in [0.2, 0.25) is 16.0 Å². The number of ether oxygens (including phenoxy) is 2. The van der Waals surface area contributed by atoms with Crippen molar-refractivity contribution in [2.45, 2.75) is 83.0 Å². The highest BCUT2D eigenvalue weighted by molar-refractivity contribution is 7.89. The molecule has 256 valence electrons. The third-order valence-electron chi connectivity index (χ3n) is 6.98. The summed E-state index contributed by atoms with van der Waals surface area (Å²) in [6.45, 7) is 9.98. The molecule has 2 aromatic rings. The van der Waals surface area contributed by atoms with E-state index in [1.54, 1.807) is 38.1 Å². The quantitative estimate of drug-likeness (QED) is 0.0829. The number of aliphatic carboxylic acids is 2. The number of sulfonamides is 1. The molecule has 17 heteroatoms. The van der Waals surface area contributed by atoms with Gasteiger partial charge in [-0.1, -0.05) is 12.1 Å². The summed E-state index contributed by atoms with van der Waals surface area (Å²) < 4.78 is 73.1. The Morgan fingerprint density at radius 1 is 1.09 bits per heavy atom. The Bertz CT molecular complexity index is 1530. The predicted molar refractivity (Wildman–Crippen MR) is 160 cm³/mol. The Kier molecular flexibility index (Phi) is 12.8. The van der Waals surface area contributed by atoms with Crippen molar-refractivity contribution in [1.82, 2.24) is 10.2 Å². The smallest absolute Gasteiger partial charge is 0.490 e. The summed E-state index contributed by atoms with van der Waals surface area (Å²) in [6.07, 6.45) is -3.15. The van der Waals surface area contributed by atoms with Crippen LogP contribution in [0.2, 0.25) is 0 Å². The highest BCUT2D eigenvalue weighted by atomic mass is 32.2. The lowest BCUT2D eigenvalue weighted by Gasteiger charge is -2.35. The van der Waals surface area contributed by atoms with Gasteiger partial charge >= 0.3 is 18.1 Å². The van der Waals surface area contributed by atoms with Crippen LogP contribution in [0.15, 0.2) is 29.2 Å². The van der Waals surface area contributed by atoms with E-state index in [1.807, 2.05) is 20.8 Å². The molecule has 13 nitrogen and oxygen atoms in total.